The third kappa shape index (κ3) is 6.85. The molecule has 0 bridgehead atoms. The van der Waals surface area contributed by atoms with E-state index in [1.165, 1.54) is 18.9 Å². The summed E-state index contributed by atoms with van der Waals surface area (Å²) < 4.78 is 31.7. The second kappa shape index (κ2) is 12.0. The highest BCUT2D eigenvalue weighted by Gasteiger charge is 2.27. The predicted molar refractivity (Wildman–Crippen MR) is 137 cm³/mol. The van der Waals surface area contributed by atoms with Crippen molar-refractivity contribution in [2.75, 3.05) is 13.7 Å². The van der Waals surface area contributed by atoms with Gasteiger partial charge in [0.1, 0.15) is 23.9 Å². The van der Waals surface area contributed by atoms with Gasteiger partial charge in [0.15, 0.2) is 0 Å². The lowest BCUT2D eigenvalue weighted by Crippen LogP contribution is -2.08. The Morgan fingerprint density at radius 3 is 2.58 bits per heavy atom. The number of rotatable bonds is 13. The molecule has 36 heavy (non-hydrogen) atoms. The molecular weight excluding hydrogens is 459 g/mol. The van der Waals surface area contributed by atoms with Gasteiger partial charge in [0.2, 0.25) is 0 Å². The molecule has 0 aromatic heterocycles. The second-order valence-electron chi connectivity index (χ2n) is 9.31. The Bertz CT molecular complexity index is 1190. The van der Waals surface area contributed by atoms with Gasteiger partial charge in [0, 0.05) is 12.2 Å². The van der Waals surface area contributed by atoms with Gasteiger partial charge in [-0.15, -0.1) is 0 Å². The average Bonchev–Trinajstić information content (AvgIpc) is 3.70. The molecule has 0 heterocycles. The van der Waals surface area contributed by atoms with Crippen LogP contribution in [0.1, 0.15) is 55.2 Å². The summed E-state index contributed by atoms with van der Waals surface area (Å²) in [7, 11) is 1.56. The van der Waals surface area contributed by atoms with Crippen LogP contribution in [0.4, 0.5) is 4.39 Å². The molecule has 0 amide bonds. The predicted octanol–water partition coefficient (Wildman–Crippen LogP) is 6.98. The molecule has 5 nitrogen and oxygen atoms in total. The number of hydrogen-bond acceptors (Lipinski definition) is 4. The van der Waals surface area contributed by atoms with Crippen LogP contribution < -0.4 is 9.47 Å². The van der Waals surface area contributed by atoms with E-state index in [9.17, 15) is 14.3 Å². The monoisotopic (exact) mass is 492 g/mol. The van der Waals surface area contributed by atoms with Crippen molar-refractivity contribution in [1.29, 1.82) is 0 Å². The first kappa shape index (κ1) is 25.7. The minimum atomic E-state index is -0.777. The third-order valence-electron chi connectivity index (χ3n) is 6.57. The lowest BCUT2D eigenvalue weighted by Gasteiger charge is -2.17. The number of carbonyl (C=O) groups is 1. The molecule has 190 valence electrons. The SMILES string of the molecule is CCOCc1cc(COc2cccc([C@@H](CC(=O)O)CC3CC3)c2)ccc1-c1cc(OC)ccc1F. The minimum absolute atomic E-state index is 0.00612. The zero-order valence-electron chi connectivity index (χ0n) is 20.8. The number of carboxylic acid groups (broad SMARTS) is 1. The van der Waals surface area contributed by atoms with Crippen LogP contribution in [0.5, 0.6) is 11.5 Å². The molecule has 1 saturated carbocycles. The number of carboxylic acids is 1. The van der Waals surface area contributed by atoms with E-state index in [2.05, 4.69) is 0 Å². The second-order valence-corrected chi connectivity index (χ2v) is 9.31. The van der Waals surface area contributed by atoms with Crippen LogP contribution in [0.15, 0.2) is 60.7 Å². The normalized spacial score (nSPS) is 13.9. The molecular formula is C30H33FO5. The Labute approximate surface area is 211 Å². The molecule has 3 aromatic carbocycles. The van der Waals surface area contributed by atoms with E-state index in [1.807, 2.05) is 49.4 Å². The smallest absolute Gasteiger partial charge is 0.303 e. The van der Waals surface area contributed by atoms with E-state index < -0.39 is 5.97 Å². The van der Waals surface area contributed by atoms with Crippen molar-refractivity contribution in [3.63, 3.8) is 0 Å². The lowest BCUT2D eigenvalue weighted by molar-refractivity contribution is -0.137. The lowest BCUT2D eigenvalue weighted by atomic mass is 9.90. The molecule has 3 aromatic rings. The fourth-order valence-electron chi connectivity index (χ4n) is 4.50. The van der Waals surface area contributed by atoms with Gasteiger partial charge in [-0.1, -0.05) is 37.1 Å². The van der Waals surface area contributed by atoms with Crippen molar-refractivity contribution in [3.8, 4) is 22.6 Å². The highest BCUT2D eigenvalue weighted by Crippen LogP contribution is 2.40. The van der Waals surface area contributed by atoms with Gasteiger partial charge < -0.3 is 19.3 Å². The van der Waals surface area contributed by atoms with Crippen LogP contribution in [0, 0.1) is 11.7 Å². The number of aliphatic carboxylic acids is 1. The van der Waals surface area contributed by atoms with E-state index >= 15 is 0 Å². The molecule has 1 aliphatic rings. The fourth-order valence-corrected chi connectivity index (χ4v) is 4.50. The number of benzene rings is 3. The van der Waals surface area contributed by atoms with Gasteiger partial charge in [-0.05, 0) is 83.8 Å². The van der Waals surface area contributed by atoms with E-state index in [-0.39, 0.29) is 18.2 Å². The fraction of sp³-hybridized carbons (Fsp3) is 0.367. The summed E-state index contributed by atoms with van der Waals surface area (Å²) in [5.41, 5.74) is 4.02. The summed E-state index contributed by atoms with van der Waals surface area (Å²) >= 11 is 0. The van der Waals surface area contributed by atoms with Crippen LogP contribution in [0.3, 0.4) is 0 Å². The molecule has 0 radical (unpaired) electrons. The standard InChI is InChI=1S/C30H33FO5/c1-3-35-19-24-14-21(9-11-27(24)28-17-25(34-2)10-12-29(28)31)18-36-26-6-4-5-22(15-26)23(16-30(32)33)13-20-7-8-20/h4-6,9-12,14-15,17,20,23H,3,7-8,13,16,18-19H2,1-2H3,(H,32,33)/t23-/m1/s1. The van der Waals surface area contributed by atoms with Crippen molar-refractivity contribution >= 4 is 5.97 Å². The third-order valence-corrected chi connectivity index (χ3v) is 6.57. The van der Waals surface area contributed by atoms with Gasteiger partial charge >= 0.3 is 5.97 Å². The largest absolute Gasteiger partial charge is 0.497 e. The van der Waals surface area contributed by atoms with Crippen LogP contribution in [-0.4, -0.2) is 24.8 Å². The first-order valence-corrected chi connectivity index (χ1v) is 12.4. The molecule has 1 atom stereocenters. The zero-order valence-corrected chi connectivity index (χ0v) is 20.8. The Morgan fingerprint density at radius 2 is 1.86 bits per heavy atom. The number of hydrogen-bond donors (Lipinski definition) is 1. The van der Waals surface area contributed by atoms with Crippen molar-refractivity contribution in [3.05, 3.63) is 83.2 Å². The highest BCUT2D eigenvalue weighted by atomic mass is 19.1. The maximum atomic E-state index is 14.7. The molecule has 0 aliphatic heterocycles. The zero-order chi connectivity index (χ0) is 25.5. The quantitative estimate of drug-likeness (QED) is 0.279. The summed E-state index contributed by atoms with van der Waals surface area (Å²) in [6, 6.07) is 18.2. The van der Waals surface area contributed by atoms with Crippen molar-refractivity contribution in [2.45, 2.75) is 51.7 Å². The number of halogens is 1. The van der Waals surface area contributed by atoms with E-state index in [1.54, 1.807) is 19.2 Å². The van der Waals surface area contributed by atoms with Crippen molar-refractivity contribution in [1.82, 2.24) is 0 Å². The minimum Gasteiger partial charge on any atom is -0.497 e. The van der Waals surface area contributed by atoms with Crippen molar-refractivity contribution < 1.29 is 28.5 Å². The molecule has 6 heteroatoms. The number of methoxy groups -OCH3 is 1. The van der Waals surface area contributed by atoms with Gasteiger partial charge in [-0.2, -0.15) is 0 Å². The van der Waals surface area contributed by atoms with E-state index in [0.717, 1.165) is 28.7 Å². The summed E-state index contributed by atoms with van der Waals surface area (Å²) in [5, 5.41) is 9.37. The topological polar surface area (TPSA) is 65.0 Å². The first-order valence-electron chi connectivity index (χ1n) is 12.4. The molecule has 0 spiro atoms. The summed E-state index contributed by atoms with van der Waals surface area (Å²) in [4.78, 5) is 11.4. The molecule has 4 rings (SSSR count). The highest BCUT2D eigenvalue weighted by molar-refractivity contribution is 5.70. The van der Waals surface area contributed by atoms with Gasteiger partial charge in [0.05, 0.1) is 20.1 Å². The maximum Gasteiger partial charge on any atom is 0.303 e. The molecule has 0 unspecified atom stereocenters. The van der Waals surface area contributed by atoms with Crippen LogP contribution in [-0.2, 0) is 22.7 Å². The summed E-state index contributed by atoms with van der Waals surface area (Å²) in [6.07, 6.45) is 3.40. The Balaban J connectivity index is 1.52. The van der Waals surface area contributed by atoms with E-state index in [4.69, 9.17) is 14.2 Å². The van der Waals surface area contributed by atoms with Crippen LogP contribution >= 0.6 is 0 Å². The molecule has 1 N–H and O–H groups in total. The Hall–Kier alpha value is -3.38. The summed E-state index contributed by atoms with van der Waals surface area (Å²) in [5.74, 6) is 0.818. The molecule has 1 fully saturated rings. The molecule has 0 saturated heterocycles. The van der Waals surface area contributed by atoms with E-state index in [0.29, 0.717) is 42.8 Å². The van der Waals surface area contributed by atoms with Gasteiger partial charge in [0.25, 0.3) is 0 Å². The number of ether oxygens (including phenoxy) is 3. The van der Waals surface area contributed by atoms with Crippen molar-refractivity contribution in [2.24, 2.45) is 5.92 Å². The van der Waals surface area contributed by atoms with Gasteiger partial charge in [-0.25, -0.2) is 4.39 Å². The Morgan fingerprint density at radius 1 is 1.03 bits per heavy atom. The maximum absolute atomic E-state index is 14.7. The average molecular weight is 493 g/mol. The summed E-state index contributed by atoms with van der Waals surface area (Å²) in [6.45, 7) is 3.15. The van der Waals surface area contributed by atoms with Gasteiger partial charge in [-0.3, -0.25) is 4.79 Å². The van der Waals surface area contributed by atoms with Crippen LogP contribution in [0.2, 0.25) is 0 Å². The van der Waals surface area contributed by atoms with Crippen LogP contribution in [0.25, 0.3) is 11.1 Å². The molecule has 1 aliphatic carbocycles. The first-order chi connectivity index (χ1) is 17.5. The Kier molecular flexibility index (Phi) is 8.60.